The van der Waals surface area contributed by atoms with Crippen molar-refractivity contribution in [1.82, 2.24) is 0 Å². The van der Waals surface area contributed by atoms with Gasteiger partial charge in [-0.25, -0.2) is 4.79 Å². The molecule has 0 aliphatic heterocycles. The van der Waals surface area contributed by atoms with Crippen molar-refractivity contribution >= 4 is 23.0 Å². The van der Waals surface area contributed by atoms with Crippen LogP contribution in [0.25, 0.3) is 22.4 Å². The molecular weight excluding hydrogens is 477 g/mol. The van der Waals surface area contributed by atoms with Crippen molar-refractivity contribution in [3.8, 4) is 16.9 Å². The minimum Gasteiger partial charge on any atom is -0.482 e. The molecule has 0 fully saturated rings. The van der Waals surface area contributed by atoms with Gasteiger partial charge in [-0.05, 0) is 54.2 Å². The van der Waals surface area contributed by atoms with Crippen LogP contribution in [0, 0.1) is 0 Å². The Hall–Kier alpha value is -4.51. The molecule has 4 aromatic rings. The monoisotopic (exact) mass is 507 g/mol. The van der Waals surface area contributed by atoms with Crippen molar-refractivity contribution in [2.24, 2.45) is 4.99 Å². The van der Waals surface area contributed by atoms with E-state index in [0.29, 0.717) is 18.6 Å². The van der Waals surface area contributed by atoms with Gasteiger partial charge in [-0.2, -0.15) is 0 Å². The van der Waals surface area contributed by atoms with Crippen LogP contribution in [0.1, 0.15) is 36.5 Å². The molecule has 0 aromatic heterocycles. The normalized spacial score (nSPS) is 12.1. The number of ether oxygens (including phenoxy) is 1. The van der Waals surface area contributed by atoms with E-state index in [1.807, 2.05) is 110 Å². The van der Waals surface area contributed by atoms with Gasteiger partial charge >= 0.3 is 5.97 Å². The molecule has 0 saturated carbocycles. The topological polar surface area (TPSA) is 58.9 Å². The highest BCUT2D eigenvalue weighted by atomic mass is 19.1. The fraction of sp³-hybridized carbons (Fsp3) is 0.152. The summed E-state index contributed by atoms with van der Waals surface area (Å²) in [5.74, 6) is -0.544. The second-order valence-corrected chi connectivity index (χ2v) is 8.80. The molecule has 0 aliphatic rings. The molecule has 1 N–H and O–H groups in total. The summed E-state index contributed by atoms with van der Waals surface area (Å²) < 4.78 is 18.7. The van der Waals surface area contributed by atoms with Crippen molar-refractivity contribution in [3.63, 3.8) is 0 Å². The second kappa shape index (κ2) is 13.2. The molecule has 0 aliphatic carbocycles. The highest BCUT2D eigenvalue weighted by Gasteiger charge is 2.14. The van der Waals surface area contributed by atoms with E-state index in [1.54, 1.807) is 6.07 Å². The van der Waals surface area contributed by atoms with E-state index in [-0.39, 0.29) is 0 Å². The van der Waals surface area contributed by atoms with E-state index in [0.717, 1.165) is 44.8 Å². The standard InChI is InChI=1S/C33H30FNO3/c1-24(29-18-8-9-19-30(29)27-16-10-17-28(22-27)38-23-32(36)37)35-33(26-14-6-3-7-15-26)31(20-11-21-34)25-12-4-2-5-13-25/h2-10,12-19,22H,11,20-21,23H2,1H3,(H,36,37)/b33-31+,35-24?. The number of carboxylic acids is 1. The quantitative estimate of drug-likeness (QED) is 0.166. The van der Waals surface area contributed by atoms with Crippen LogP contribution in [0.5, 0.6) is 5.75 Å². The largest absolute Gasteiger partial charge is 0.482 e. The summed E-state index contributed by atoms with van der Waals surface area (Å²) in [6.45, 7) is 1.17. The van der Waals surface area contributed by atoms with Crippen molar-refractivity contribution < 1.29 is 19.0 Å². The molecule has 0 amide bonds. The van der Waals surface area contributed by atoms with Crippen molar-refractivity contribution in [1.29, 1.82) is 0 Å². The number of hydrogen-bond acceptors (Lipinski definition) is 3. The molecule has 0 heterocycles. The fourth-order valence-electron chi connectivity index (χ4n) is 4.36. The molecule has 4 aromatic carbocycles. The number of carbonyl (C=O) groups is 1. The zero-order valence-corrected chi connectivity index (χ0v) is 21.3. The summed E-state index contributed by atoms with van der Waals surface area (Å²) in [7, 11) is 0. The third-order valence-electron chi connectivity index (χ3n) is 6.12. The van der Waals surface area contributed by atoms with Gasteiger partial charge in [0.25, 0.3) is 0 Å². The Morgan fingerprint density at radius 2 is 1.50 bits per heavy atom. The first-order valence-corrected chi connectivity index (χ1v) is 12.6. The van der Waals surface area contributed by atoms with Crippen LogP contribution in [0.2, 0.25) is 0 Å². The molecule has 0 radical (unpaired) electrons. The lowest BCUT2D eigenvalue weighted by Gasteiger charge is -2.16. The summed E-state index contributed by atoms with van der Waals surface area (Å²) in [6, 6.07) is 35.3. The number of alkyl halides is 1. The van der Waals surface area contributed by atoms with E-state index in [1.165, 1.54) is 0 Å². The van der Waals surface area contributed by atoms with Crippen molar-refractivity contribution in [2.75, 3.05) is 13.3 Å². The number of aliphatic carboxylic acids is 1. The van der Waals surface area contributed by atoms with Crippen LogP contribution in [0.15, 0.2) is 114 Å². The maximum absolute atomic E-state index is 13.3. The third-order valence-corrected chi connectivity index (χ3v) is 6.12. The highest BCUT2D eigenvalue weighted by Crippen LogP contribution is 2.33. The molecule has 0 saturated heterocycles. The third kappa shape index (κ3) is 6.83. The maximum atomic E-state index is 13.3. The Balaban J connectivity index is 1.84. The summed E-state index contributed by atoms with van der Waals surface area (Å²) in [4.78, 5) is 16.1. The summed E-state index contributed by atoms with van der Waals surface area (Å²) in [6.07, 6.45) is 0.973. The number of halogens is 1. The molecule has 38 heavy (non-hydrogen) atoms. The van der Waals surface area contributed by atoms with Gasteiger partial charge in [0.15, 0.2) is 6.61 Å². The van der Waals surface area contributed by atoms with E-state index in [2.05, 4.69) is 0 Å². The minimum absolute atomic E-state index is 0.399. The summed E-state index contributed by atoms with van der Waals surface area (Å²) >= 11 is 0. The molecule has 4 nitrogen and oxygen atoms in total. The van der Waals surface area contributed by atoms with Gasteiger partial charge in [-0.3, -0.25) is 9.38 Å². The first-order valence-electron chi connectivity index (χ1n) is 12.6. The van der Waals surface area contributed by atoms with Crippen LogP contribution >= 0.6 is 0 Å². The number of carboxylic acid groups (broad SMARTS) is 1. The predicted octanol–water partition coefficient (Wildman–Crippen LogP) is 7.94. The summed E-state index contributed by atoms with van der Waals surface area (Å²) in [5.41, 5.74) is 7.39. The molecule has 5 heteroatoms. The van der Waals surface area contributed by atoms with E-state index >= 15 is 0 Å². The van der Waals surface area contributed by atoms with Crippen molar-refractivity contribution in [3.05, 3.63) is 126 Å². The van der Waals surface area contributed by atoms with Gasteiger partial charge in [0.1, 0.15) is 5.75 Å². The summed E-state index contributed by atoms with van der Waals surface area (Å²) in [5, 5.41) is 8.97. The average molecular weight is 508 g/mol. The van der Waals surface area contributed by atoms with Crippen LogP contribution in [0.4, 0.5) is 4.39 Å². The van der Waals surface area contributed by atoms with E-state index < -0.39 is 19.3 Å². The van der Waals surface area contributed by atoms with E-state index in [4.69, 9.17) is 14.8 Å². The van der Waals surface area contributed by atoms with Crippen LogP contribution < -0.4 is 4.74 Å². The van der Waals surface area contributed by atoms with Gasteiger partial charge in [-0.1, -0.05) is 97.1 Å². The van der Waals surface area contributed by atoms with Gasteiger partial charge in [0.05, 0.1) is 12.4 Å². The Bertz CT molecular complexity index is 1430. The Kier molecular flexibility index (Phi) is 9.19. The van der Waals surface area contributed by atoms with Crippen molar-refractivity contribution in [2.45, 2.75) is 19.8 Å². The highest BCUT2D eigenvalue weighted by molar-refractivity contribution is 6.08. The Morgan fingerprint density at radius 3 is 2.18 bits per heavy atom. The maximum Gasteiger partial charge on any atom is 0.341 e. The second-order valence-electron chi connectivity index (χ2n) is 8.80. The number of nitrogens with zero attached hydrogens (tertiary/aromatic N) is 1. The lowest BCUT2D eigenvalue weighted by molar-refractivity contribution is -0.139. The minimum atomic E-state index is -1.03. The number of rotatable bonds is 11. The molecule has 4 rings (SSSR count). The number of benzene rings is 4. The number of hydrogen-bond donors (Lipinski definition) is 1. The zero-order valence-electron chi connectivity index (χ0n) is 21.3. The van der Waals surface area contributed by atoms with Gasteiger partial charge < -0.3 is 9.84 Å². The average Bonchev–Trinajstić information content (AvgIpc) is 2.96. The van der Waals surface area contributed by atoms with Gasteiger partial charge in [-0.15, -0.1) is 0 Å². The van der Waals surface area contributed by atoms with Crippen LogP contribution in [-0.4, -0.2) is 30.1 Å². The molecular formula is C33H30FNO3. The SMILES string of the molecule is CC(=N/C(=C(\CCCF)c1ccccc1)c1ccccc1)c1ccccc1-c1cccc(OCC(=O)O)c1. The van der Waals surface area contributed by atoms with Gasteiger partial charge in [0.2, 0.25) is 0 Å². The fourth-order valence-corrected chi connectivity index (χ4v) is 4.36. The van der Waals surface area contributed by atoms with Gasteiger partial charge in [0, 0.05) is 16.8 Å². The molecule has 192 valence electrons. The Labute approximate surface area is 222 Å². The first kappa shape index (κ1) is 26.6. The number of aliphatic imine (C=N–C) groups is 1. The number of allylic oxidation sites excluding steroid dienone is 1. The lowest BCUT2D eigenvalue weighted by atomic mass is 9.94. The predicted molar refractivity (Wildman–Crippen MR) is 152 cm³/mol. The zero-order chi connectivity index (χ0) is 26.7. The van der Waals surface area contributed by atoms with E-state index in [9.17, 15) is 9.18 Å². The lowest BCUT2D eigenvalue weighted by Crippen LogP contribution is -2.09. The first-order chi connectivity index (χ1) is 18.6. The smallest absolute Gasteiger partial charge is 0.341 e. The molecule has 0 atom stereocenters. The van der Waals surface area contributed by atoms with Crippen LogP contribution in [-0.2, 0) is 4.79 Å². The van der Waals surface area contributed by atoms with Crippen LogP contribution in [0.3, 0.4) is 0 Å². The molecule has 0 bridgehead atoms. The molecule has 0 unspecified atom stereocenters. The molecule has 0 spiro atoms. The Morgan fingerprint density at radius 1 is 0.842 bits per heavy atom.